The van der Waals surface area contributed by atoms with Gasteiger partial charge in [0.15, 0.2) is 31.5 Å². The van der Waals surface area contributed by atoms with E-state index in [0.29, 0.717) is 0 Å². The topological polar surface area (TPSA) is 326 Å². The average Bonchev–Trinajstić information content (AvgIpc) is 3.08. The molecule has 0 aliphatic carbocycles. The second-order valence-corrected chi connectivity index (χ2v) is 13.9. The van der Waals surface area contributed by atoms with E-state index < -0.39 is 154 Å². The molecule has 0 unspecified atom stereocenters. The largest absolute Gasteiger partial charge is 0.388 e. The van der Waals surface area contributed by atoms with E-state index >= 15 is 0 Å². The van der Waals surface area contributed by atoms with Crippen LogP contribution >= 0.6 is 0 Å². The Bertz CT molecular complexity index is 1120. The first-order valence-electron chi connectivity index (χ1n) is 16.9. The van der Waals surface area contributed by atoms with E-state index in [4.69, 9.17) is 42.6 Å². The molecule has 0 aromatic heterocycles. The first kappa shape index (κ1) is 41.3. The summed E-state index contributed by atoms with van der Waals surface area (Å²) in [6.07, 6.45) is -39.4. The molecule has 5 heterocycles. The van der Waals surface area contributed by atoms with Crippen LogP contribution in [0, 0.1) is 0 Å². The van der Waals surface area contributed by atoms with Crippen molar-refractivity contribution >= 4 is 0 Å². The fourth-order valence-corrected chi connectivity index (χ4v) is 6.68. The van der Waals surface area contributed by atoms with Gasteiger partial charge in [-0.25, -0.2) is 0 Å². The highest BCUT2D eigenvalue weighted by molar-refractivity contribution is 4.97. The van der Waals surface area contributed by atoms with Crippen molar-refractivity contribution in [1.29, 1.82) is 0 Å². The van der Waals surface area contributed by atoms with E-state index in [-0.39, 0.29) is 0 Å². The lowest BCUT2D eigenvalue weighted by molar-refractivity contribution is -0.408. The Morgan fingerprint density at radius 2 is 0.529 bits per heavy atom. The molecule has 0 radical (unpaired) electrons. The molecule has 51 heavy (non-hydrogen) atoms. The van der Waals surface area contributed by atoms with Gasteiger partial charge in [-0.05, 0) is 34.6 Å². The Kier molecular flexibility index (Phi) is 13.4. The molecule has 0 spiro atoms. The zero-order valence-electron chi connectivity index (χ0n) is 28.5. The molecule has 5 rings (SSSR count). The zero-order chi connectivity index (χ0) is 37.8. The summed E-state index contributed by atoms with van der Waals surface area (Å²) in [5, 5.41) is 128. The lowest BCUT2D eigenvalue weighted by Crippen LogP contribution is -2.67. The van der Waals surface area contributed by atoms with Crippen molar-refractivity contribution < 1.29 is 104 Å². The van der Waals surface area contributed by atoms with Gasteiger partial charge >= 0.3 is 0 Å². The molecule has 0 bridgehead atoms. The van der Waals surface area contributed by atoms with Crippen molar-refractivity contribution in [2.75, 3.05) is 0 Å². The maximum atomic E-state index is 11.2. The minimum atomic E-state index is -1.84. The molecule has 5 saturated heterocycles. The monoisotopic (exact) mass is 748 g/mol. The summed E-state index contributed by atoms with van der Waals surface area (Å²) in [6, 6.07) is 0. The minimum Gasteiger partial charge on any atom is -0.388 e. The smallest absolute Gasteiger partial charge is 0.187 e. The Labute approximate surface area is 292 Å². The van der Waals surface area contributed by atoms with Crippen LogP contribution in [0.15, 0.2) is 0 Å². The summed E-state index contributed by atoms with van der Waals surface area (Å²) in [7, 11) is 0. The van der Waals surface area contributed by atoms with Crippen LogP contribution in [-0.2, 0) is 42.6 Å². The SMILES string of the molecule is C[C@@H]1O[C@H](O[C@H]2[C@@H](O[C@H]3[C@@H](O[C@H]4[C@@H](O[C@@H]5[C@@H](O)[C@@H](O)[C@H](C)O[C@@H]5O)O[C@@H](C)[C@H](O)[C@@H]4O)O[C@@H](C)[C@H](O)[C@@H]3O)O[C@@H](C)[C@H](O)[C@@H]2O)[C@H](O)[C@@H](O)[C@H]1O. The first-order valence-corrected chi connectivity index (χ1v) is 16.9. The van der Waals surface area contributed by atoms with E-state index in [9.17, 15) is 61.3 Å². The van der Waals surface area contributed by atoms with E-state index in [0.717, 1.165) is 0 Å². The maximum Gasteiger partial charge on any atom is 0.187 e. The number of ether oxygens (including phenoxy) is 9. The molecule has 12 N–H and O–H groups in total. The number of aliphatic hydroxyl groups excluding tert-OH is 12. The molecule has 0 amide bonds. The lowest BCUT2D eigenvalue weighted by Gasteiger charge is -2.50. The highest BCUT2D eigenvalue weighted by Crippen LogP contribution is 2.36. The first-order chi connectivity index (χ1) is 23.8. The van der Waals surface area contributed by atoms with E-state index in [1.807, 2.05) is 0 Å². The molecular formula is C30H52O21. The highest BCUT2D eigenvalue weighted by Gasteiger charge is 2.56. The quantitative estimate of drug-likeness (QED) is 0.110. The van der Waals surface area contributed by atoms with Crippen molar-refractivity contribution in [2.24, 2.45) is 0 Å². The van der Waals surface area contributed by atoms with Crippen LogP contribution in [0.25, 0.3) is 0 Å². The third-order valence-corrected chi connectivity index (χ3v) is 10.1. The van der Waals surface area contributed by atoms with Gasteiger partial charge in [0, 0.05) is 0 Å². The summed E-state index contributed by atoms with van der Waals surface area (Å²) in [4.78, 5) is 0. The lowest BCUT2D eigenvalue weighted by atomic mass is 9.96. The van der Waals surface area contributed by atoms with Gasteiger partial charge in [-0.1, -0.05) is 0 Å². The predicted octanol–water partition coefficient (Wildman–Crippen LogP) is -6.79. The zero-order valence-corrected chi connectivity index (χ0v) is 28.5. The fourth-order valence-electron chi connectivity index (χ4n) is 6.68. The van der Waals surface area contributed by atoms with Gasteiger partial charge in [0.2, 0.25) is 0 Å². The van der Waals surface area contributed by atoms with Gasteiger partial charge in [-0.15, -0.1) is 0 Å². The van der Waals surface area contributed by atoms with Gasteiger partial charge in [0.25, 0.3) is 0 Å². The Morgan fingerprint density at radius 3 is 0.902 bits per heavy atom. The van der Waals surface area contributed by atoms with E-state index in [1.165, 1.54) is 34.6 Å². The van der Waals surface area contributed by atoms with Crippen LogP contribution in [0.5, 0.6) is 0 Å². The van der Waals surface area contributed by atoms with Gasteiger partial charge in [0.1, 0.15) is 91.6 Å². The second-order valence-electron chi connectivity index (χ2n) is 13.9. The van der Waals surface area contributed by atoms with Crippen LogP contribution in [0.2, 0.25) is 0 Å². The Balaban J connectivity index is 1.40. The molecule has 5 aliphatic heterocycles. The maximum absolute atomic E-state index is 11.2. The van der Waals surface area contributed by atoms with Crippen molar-refractivity contribution in [1.82, 2.24) is 0 Å². The third-order valence-electron chi connectivity index (χ3n) is 10.1. The van der Waals surface area contributed by atoms with Crippen LogP contribution in [-0.4, -0.2) is 215 Å². The van der Waals surface area contributed by atoms with Gasteiger partial charge in [-0.3, -0.25) is 0 Å². The Hall–Kier alpha value is -0.840. The molecule has 5 fully saturated rings. The van der Waals surface area contributed by atoms with Crippen molar-refractivity contribution in [3.8, 4) is 0 Å². The minimum absolute atomic E-state index is 0.978. The number of rotatable bonds is 8. The number of hydrogen-bond donors (Lipinski definition) is 12. The highest BCUT2D eigenvalue weighted by atomic mass is 16.8. The molecular weight excluding hydrogens is 696 g/mol. The average molecular weight is 749 g/mol. The van der Waals surface area contributed by atoms with Crippen LogP contribution in [0.3, 0.4) is 0 Å². The summed E-state index contributed by atoms with van der Waals surface area (Å²) < 4.78 is 51.5. The van der Waals surface area contributed by atoms with Crippen molar-refractivity contribution in [3.05, 3.63) is 0 Å². The summed E-state index contributed by atoms with van der Waals surface area (Å²) >= 11 is 0. The fraction of sp³-hybridized carbons (Fsp3) is 1.00. The standard InChI is InChI=1S/C30H52O21/c1-6-12(32)17(37)22(26(42)43-6)48-28-24(19(39)14(34)8(3)45-28)50-30-25(20(40)15(35)10(5)47-30)51-29-23(18(38)13(33)9(4)46-29)49-27-21(41)16(36)11(31)7(2)44-27/h6-42H,1-5H3/t6-,7-,8-,9-,10-,11-,12-,13-,14-,15-,16-,17-,18-,19-,20-,21+,22+,23+,24+,25+,26-,27+,28+,29+,30+/m0/s1. The molecule has 0 aromatic carbocycles. The molecule has 25 atom stereocenters. The van der Waals surface area contributed by atoms with Crippen LogP contribution < -0.4 is 0 Å². The Morgan fingerprint density at radius 1 is 0.275 bits per heavy atom. The van der Waals surface area contributed by atoms with Gasteiger partial charge in [-0.2, -0.15) is 0 Å². The summed E-state index contributed by atoms with van der Waals surface area (Å²) in [5.41, 5.74) is 0. The van der Waals surface area contributed by atoms with Gasteiger partial charge in [0.05, 0.1) is 30.5 Å². The second kappa shape index (κ2) is 16.5. The molecule has 0 aromatic rings. The molecule has 5 aliphatic rings. The molecule has 21 nitrogen and oxygen atoms in total. The predicted molar refractivity (Wildman–Crippen MR) is 159 cm³/mol. The van der Waals surface area contributed by atoms with Crippen molar-refractivity contribution in [2.45, 2.75) is 188 Å². The van der Waals surface area contributed by atoms with Crippen LogP contribution in [0.4, 0.5) is 0 Å². The van der Waals surface area contributed by atoms with E-state index in [2.05, 4.69) is 0 Å². The molecule has 21 heteroatoms. The van der Waals surface area contributed by atoms with Gasteiger partial charge < -0.3 is 104 Å². The third kappa shape index (κ3) is 8.24. The van der Waals surface area contributed by atoms with Crippen molar-refractivity contribution in [3.63, 3.8) is 0 Å². The summed E-state index contributed by atoms with van der Waals surface area (Å²) in [6.45, 7) is 6.94. The molecule has 298 valence electrons. The van der Waals surface area contributed by atoms with Crippen LogP contribution in [0.1, 0.15) is 34.6 Å². The molecule has 0 saturated carbocycles. The normalized spacial score (nSPS) is 57.2. The van der Waals surface area contributed by atoms with E-state index in [1.54, 1.807) is 0 Å². The number of aliphatic hydroxyl groups is 12. The number of hydrogen-bond acceptors (Lipinski definition) is 21. The summed E-state index contributed by atoms with van der Waals surface area (Å²) in [5.74, 6) is 0.